The van der Waals surface area contributed by atoms with Crippen LogP contribution < -0.4 is 4.74 Å². The minimum Gasteiger partial charge on any atom is -0.492 e. The Morgan fingerprint density at radius 2 is 1.95 bits per heavy atom. The van der Waals surface area contributed by atoms with Gasteiger partial charge in [0.2, 0.25) is 0 Å². The van der Waals surface area contributed by atoms with Crippen LogP contribution in [0.15, 0.2) is 41.6 Å². The Hall–Kier alpha value is -2.07. The summed E-state index contributed by atoms with van der Waals surface area (Å²) in [4.78, 5) is 2.13. The lowest BCUT2D eigenvalue weighted by Gasteiger charge is -2.15. The summed E-state index contributed by atoms with van der Waals surface area (Å²) in [5.41, 5.74) is 1.39. The molecule has 0 atom stereocenters. The topological polar surface area (TPSA) is 45.1 Å². The van der Waals surface area contributed by atoms with Crippen molar-refractivity contribution in [1.82, 2.24) is 4.90 Å². The zero-order valence-electron chi connectivity index (χ0n) is 12.8. The molecule has 2 rings (SSSR count). The fraction of sp³-hybridized carbons (Fsp3) is 0.353. The number of nitrogens with zero attached hydrogens (tertiary/aromatic N) is 2. The van der Waals surface area contributed by atoms with Gasteiger partial charge in [-0.15, -0.1) is 0 Å². The third-order valence-corrected chi connectivity index (χ3v) is 3.42. The highest BCUT2D eigenvalue weighted by Crippen LogP contribution is 2.30. The average Bonchev–Trinajstić information content (AvgIpc) is 2.50. The van der Waals surface area contributed by atoms with Gasteiger partial charge in [0.15, 0.2) is 0 Å². The summed E-state index contributed by atoms with van der Waals surface area (Å²) < 4.78 is 6.01. The van der Waals surface area contributed by atoms with Crippen molar-refractivity contribution in [1.29, 1.82) is 0 Å². The van der Waals surface area contributed by atoms with Crippen LogP contribution in [0.4, 0.5) is 0 Å². The van der Waals surface area contributed by atoms with Gasteiger partial charge in [-0.3, -0.25) is 0 Å². The normalized spacial score (nSPS) is 12.1. The fourth-order valence-electron chi connectivity index (χ4n) is 2.29. The van der Waals surface area contributed by atoms with E-state index in [-0.39, 0.29) is 0 Å². The molecule has 0 heterocycles. The van der Waals surface area contributed by atoms with E-state index in [0.717, 1.165) is 35.1 Å². The summed E-state index contributed by atoms with van der Waals surface area (Å²) in [5, 5.41) is 14.5. The Morgan fingerprint density at radius 3 is 2.67 bits per heavy atom. The standard InChI is InChI=1S/C17H22N2O2/c1-13(18-20)15-10-9-14-7-4-5-8-16(14)17(15)21-12-6-11-19(2)3/h4-5,7-10,20H,6,11-12H2,1-3H3/b18-13+. The number of rotatable bonds is 6. The SMILES string of the molecule is C/C(=N\O)c1ccc2ccccc2c1OCCCN(C)C. The summed E-state index contributed by atoms with van der Waals surface area (Å²) in [6, 6.07) is 12.0. The molecule has 0 aliphatic carbocycles. The largest absolute Gasteiger partial charge is 0.492 e. The minimum absolute atomic E-state index is 0.559. The molecular formula is C17H22N2O2. The summed E-state index contributed by atoms with van der Waals surface area (Å²) in [7, 11) is 4.10. The Morgan fingerprint density at radius 1 is 1.19 bits per heavy atom. The van der Waals surface area contributed by atoms with Gasteiger partial charge in [0.25, 0.3) is 0 Å². The molecule has 0 spiro atoms. The van der Waals surface area contributed by atoms with E-state index in [9.17, 15) is 0 Å². The smallest absolute Gasteiger partial charge is 0.136 e. The molecule has 0 fully saturated rings. The quantitative estimate of drug-likeness (QED) is 0.383. The van der Waals surface area contributed by atoms with Crippen LogP contribution in [0.2, 0.25) is 0 Å². The average molecular weight is 286 g/mol. The Bertz CT molecular complexity index is 636. The second-order valence-corrected chi connectivity index (χ2v) is 5.35. The van der Waals surface area contributed by atoms with Crippen molar-refractivity contribution in [2.24, 2.45) is 5.16 Å². The van der Waals surface area contributed by atoms with Crippen molar-refractivity contribution in [3.05, 3.63) is 42.0 Å². The van der Waals surface area contributed by atoms with Gasteiger partial charge in [-0.05, 0) is 38.9 Å². The van der Waals surface area contributed by atoms with E-state index in [1.165, 1.54) is 0 Å². The minimum atomic E-state index is 0.559. The number of hydrogen-bond acceptors (Lipinski definition) is 4. The number of hydrogen-bond donors (Lipinski definition) is 1. The highest BCUT2D eigenvalue weighted by Gasteiger charge is 2.11. The van der Waals surface area contributed by atoms with Crippen molar-refractivity contribution in [2.45, 2.75) is 13.3 Å². The first-order chi connectivity index (χ1) is 10.1. The number of fused-ring (bicyclic) bond motifs is 1. The van der Waals surface area contributed by atoms with Crippen LogP contribution in [-0.4, -0.2) is 43.1 Å². The Balaban J connectivity index is 2.32. The van der Waals surface area contributed by atoms with Crippen LogP contribution in [0.5, 0.6) is 5.75 Å². The predicted molar refractivity (Wildman–Crippen MR) is 86.6 cm³/mol. The van der Waals surface area contributed by atoms with E-state index < -0.39 is 0 Å². The summed E-state index contributed by atoms with van der Waals surface area (Å²) >= 11 is 0. The van der Waals surface area contributed by atoms with Gasteiger partial charge in [0, 0.05) is 17.5 Å². The maximum Gasteiger partial charge on any atom is 0.136 e. The van der Waals surface area contributed by atoms with Gasteiger partial charge >= 0.3 is 0 Å². The van der Waals surface area contributed by atoms with E-state index in [4.69, 9.17) is 9.94 Å². The molecule has 0 saturated heterocycles. The second kappa shape index (κ2) is 7.09. The molecule has 0 radical (unpaired) electrons. The zero-order valence-corrected chi connectivity index (χ0v) is 12.8. The molecule has 0 bridgehead atoms. The van der Waals surface area contributed by atoms with Crippen LogP contribution in [0.3, 0.4) is 0 Å². The highest BCUT2D eigenvalue weighted by molar-refractivity contribution is 6.06. The van der Waals surface area contributed by atoms with Gasteiger partial charge in [-0.25, -0.2) is 0 Å². The first kappa shape index (κ1) is 15.3. The molecule has 0 unspecified atom stereocenters. The lowest BCUT2D eigenvalue weighted by molar-refractivity contribution is 0.283. The van der Waals surface area contributed by atoms with E-state index in [1.807, 2.05) is 44.4 Å². The van der Waals surface area contributed by atoms with Crippen molar-refractivity contribution in [2.75, 3.05) is 27.2 Å². The molecule has 112 valence electrons. The third kappa shape index (κ3) is 3.73. The lowest BCUT2D eigenvalue weighted by atomic mass is 10.0. The van der Waals surface area contributed by atoms with Gasteiger partial charge in [0.05, 0.1) is 12.3 Å². The summed E-state index contributed by atoms with van der Waals surface area (Å²) in [6.07, 6.45) is 0.949. The molecule has 0 amide bonds. The zero-order chi connectivity index (χ0) is 15.2. The third-order valence-electron chi connectivity index (χ3n) is 3.42. The van der Waals surface area contributed by atoms with E-state index in [0.29, 0.717) is 12.3 Å². The molecule has 21 heavy (non-hydrogen) atoms. The van der Waals surface area contributed by atoms with Gasteiger partial charge < -0.3 is 14.8 Å². The fourth-order valence-corrected chi connectivity index (χ4v) is 2.29. The highest BCUT2D eigenvalue weighted by atomic mass is 16.5. The van der Waals surface area contributed by atoms with Crippen molar-refractivity contribution in [3.63, 3.8) is 0 Å². The maximum absolute atomic E-state index is 9.05. The van der Waals surface area contributed by atoms with Crippen LogP contribution in [-0.2, 0) is 0 Å². The van der Waals surface area contributed by atoms with Crippen LogP contribution in [0.1, 0.15) is 18.9 Å². The first-order valence-electron chi connectivity index (χ1n) is 7.12. The number of benzene rings is 2. The molecule has 0 aliphatic rings. The van der Waals surface area contributed by atoms with E-state index in [1.54, 1.807) is 6.92 Å². The van der Waals surface area contributed by atoms with Gasteiger partial charge in [0.1, 0.15) is 5.75 Å². The second-order valence-electron chi connectivity index (χ2n) is 5.35. The molecule has 4 heteroatoms. The lowest BCUT2D eigenvalue weighted by Crippen LogP contribution is -2.16. The molecule has 2 aromatic rings. The first-order valence-corrected chi connectivity index (χ1v) is 7.12. The van der Waals surface area contributed by atoms with Crippen molar-refractivity contribution >= 4 is 16.5 Å². The van der Waals surface area contributed by atoms with Crippen molar-refractivity contribution < 1.29 is 9.94 Å². The summed E-state index contributed by atoms with van der Waals surface area (Å²) in [6.45, 7) is 3.39. The Kier molecular flexibility index (Phi) is 5.17. The van der Waals surface area contributed by atoms with E-state index in [2.05, 4.69) is 16.1 Å². The molecule has 0 aliphatic heterocycles. The van der Waals surface area contributed by atoms with Crippen LogP contribution in [0, 0.1) is 0 Å². The van der Waals surface area contributed by atoms with Gasteiger partial charge in [-0.1, -0.05) is 35.5 Å². The Labute approximate surface area is 125 Å². The molecule has 0 aromatic heterocycles. The monoisotopic (exact) mass is 286 g/mol. The molecule has 0 saturated carbocycles. The molecule has 4 nitrogen and oxygen atoms in total. The molecular weight excluding hydrogens is 264 g/mol. The number of ether oxygens (including phenoxy) is 1. The van der Waals surface area contributed by atoms with Crippen LogP contribution in [0.25, 0.3) is 10.8 Å². The molecule has 1 N–H and O–H groups in total. The van der Waals surface area contributed by atoms with E-state index >= 15 is 0 Å². The predicted octanol–water partition coefficient (Wildman–Crippen LogP) is 3.37. The number of oxime groups is 1. The van der Waals surface area contributed by atoms with Gasteiger partial charge in [-0.2, -0.15) is 0 Å². The molecule has 2 aromatic carbocycles. The summed E-state index contributed by atoms with van der Waals surface area (Å²) in [5.74, 6) is 0.794. The van der Waals surface area contributed by atoms with Crippen LogP contribution >= 0.6 is 0 Å². The van der Waals surface area contributed by atoms with Crippen molar-refractivity contribution in [3.8, 4) is 5.75 Å². The maximum atomic E-state index is 9.05.